The summed E-state index contributed by atoms with van der Waals surface area (Å²) in [6.07, 6.45) is -4.00. The van der Waals surface area contributed by atoms with Gasteiger partial charge in [-0.2, -0.15) is 0 Å². The quantitative estimate of drug-likeness (QED) is 0.154. The summed E-state index contributed by atoms with van der Waals surface area (Å²) in [5.74, 6) is -1.20. The van der Waals surface area contributed by atoms with Crippen molar-refractivity contribution >= 4 is 5.97 Å². The van der Waals surface area contributed by atoms with E-state index in [4.69, 9.17) is 9.47 Å². The Kier molecular flexibility index (Phi) is 9.30. The zero-order valence-corrected chi connectivity index (χ0v) is 30.1. The van der Waals surface area contributed by atoms with Crippen LogP contribution in [0.5, 0.6) is 0 Å². The molecular formula is C37H62O12. The molecule has 0 bridgehead atoms. The number of carbonyl (C=O) groups excluding carboxylic acids is 1. The van der Waals surface area contributed by atoms with Crippen molar-refractivity contribution in [3.63, 3.8) is 0 Å². The summed E-state index contributed by atoms with van der Waals surface area (Å²) >= 11 is 0. The van der Waals surface area contributed by atoms with E-state index in [0.717, 1.165) is 38.5 Å². The molecule has 17 atom stereocenters. The van der Waals surface area contributed by atoms with Crippen LogP contribution in [-0.2, 0) is 14.3 Å². The maximum atomic E-state index is 14.1. The molecule has 12 heteroatoms. The fourth-order valence-corrected chi connectivity index (χ4v) is 12.9. The number of rotatable bonds is 9. The molecule has 1 saturated heterocycles. The van der Waals surface area contributed by atoms with E-state index in [9.17, 15) is 50.8 Å². The van der Waals surface area contributed by atoms with Crippen LogP contribution in [0.4, 0.5) is 0 Å². The van der Waals surface area contributed by atoms with Crippen molar-refractivity contribution in [1.29, 1.82) is 0 Å². The summed E-state index contributed by atoms with van der Waals surface area (Å²) in [7, 11) is 0. The minimum absolute atomic E-state index is 0.0137. The first kappa shape index (κ1) is 37.8. The van der Waals surface area contributed by atoms with Crippen molar-refractivity contribution < 1.29 is 60.2 Å². The Morgan fingerprint density at radius 3 is 2.12 bits per heavy atom. The highest BCUT2D eigenvalue weighted by atomic mass is 16.7. The van der Waals surface area contributed by atoms with E-state index in [0.29, 0.717) is 19.3 Å². The van der Waals surface area contributed by atoms with Gasteiger partial charge in [-0.05, 0) is 112 Å². The van der Waals surface area contributed by atoms with Gasteiger partial charge < -0.3 is 55.4 Å². The van der Waals surface area contributed by atoms with E-state index in [1.54, 1.807) is 6.92 Å². The normalized spacial score (nSPS) is 53.0. The van der Waals surface area contributed by atoms with Crippen LogP contribution in [0.1, 0.15) is 106 Å². The molecule has 0 aromatic rings. The average molecular weight is 699 g/mol. The van der Waals surface area contributed by atoms with E-state index in [1.807, 2.05) is 20.8 Å². The zero-order valence-electron chi connectivity index (χ0n) is 30.1. The molecular weight excluding hydrogens is 636 g/mol. The molecule has 5 saturated carbocycles. The van der Waals surface area contributed by atoms with Crippen LogP contribution in [0.15, 0.2) is 0 Å². The average Bonchev–Trinajstić information content (AvgIpc) is 3.66. The Balaban J connectivity index is 1.25. The monoisotopic (exact) mass is 698 g/mol. The van der Waals surface area contributed by atoms with Gasteiger partial charge in [0.05, 0.1) is 42.0 Å². The number of ether oxygens (including phenoxy) is 2. The molecule has 1 unspecified atom stereocenters. The molecule has 0 aromatic carbocycles. The minimum Gasteiger partial charge on any atom is -0.432 e. The van der Waals surface area contributed by atoms with Gasteiger partial charge in [-0.1, -0.05) is 27.7 Å². The summed E-state index contributed by atoms with van der Waals surface area (Å²) in [6, 6.07) is 0. The van der Waals surface area contributed by atoms with Crippen molar-refractivity contribution in [2.75, 3.05) is 13.2 Å². The van der Waals surface area contributed by atoms with Crippen LogP contribution in [0.2, 0.25) is 0 Å². The van der Waals surface area contributed by atoms with Crippen molar-refractivity contribution in [3.05, 3.63) is 0 Å². The Labute approximate surface area is 289 Å². The Morgan fingerprint density at radius 1 is 0.857 bits per heavy atom. The van der Waals surface area contributed by atoms with Gasteiger partial charge in [-0.3, -0.25) is 4.79 Å². The lowest BCUT2D eigenvalue weighted by molar-refractivity contribution is -0.300. The second kappa shape index (κ2) is 12.0. The van der Waals surface area contributed by atoms with Gasteiger partial charge in [0.2, 0.25) is 6.29 Å². The lowest BCUT2D eigenvalue weighted by Gasteiger charge is -2.64. The van der Waals surface area contributed by atoms with Gasteiger partial charge in [0.25, 0.3) is 0 Å². The first-order chi connectivity index (χ1) is 22.7. The SMILES string of the molecule is CC(C)[C@](O)(CO)CC[C@](C)(O)[C@H]1CC[C@@]2(C)[C@@H]3CCC4[C@](C)(C(=O)O[C@@H]5O[C@H](CO)[C@@H](O)[C@H](O)[C@H]5O)[C@@H](O)C[C@H](O)[C@@]45C[C@@]35CC[C@]12C. The molecule has 12 nitrogen and oxygen atoms in total. The van der Waals surface area contributed by atoms with Gasteiger partial charge >= 0.3 is 5.97 Å². The molecule has 2 spiro atoms. The van der Waals surface area contributed by atoms with Crippen LogP contribution in [0.25, 0.3) is 0 Å². The molecule has 49 heavy (non-hydrogen) atoms. The Bertz CT molecular complexity index is 1280. The van der Waals surface area contributed by atoms with Crippen LogP contribution >= 0.6 is 0 Å². The number of fused-ring (bicyclic) bond motifs is 2. The third-order valence-corrected chi connectivity index (χ3v) is 16.5. The largest absolute Gasteiger partial charge is 0.432 e. The molecule has 1 aliphatic heterocycles. The minimum atomic E-state index is -1.76. The van der Waals surface area contributed by atoms with Crippen LogP contribution in [-0.4, -0.2) is 119 Å². The van der Waals surface area contributed by atoms with Crippen molar-refractivity contribution in [3.8, 4) is 0 Å². The number of hydrogen-bond acceptors (Lipinski definition) is 12. The predicted octanol–water partition coefficient (Wildman–Crippen LogP) is 0.991. The van der Waals surface area contributed by atoms with Gasteiger partial charge in [-0.15, -0.1) is 0 Å². The molecule has 282 valence electrons. The summed E-state index contributed by atoms with van der Waals surface area (Å²) in [6.45, 7) is 10.9. The Morgan fingerprint density at radius 2 is 1.51 bits per heavy atom. The highest BCUT2D eigenvalue weighted by Crippen LogP contribution is 2.89. The molecule has 0 aromatic heterocycles. The van der Waals surface area contributed by atoms with Crippen LogP contribution in [0.3, 0.4) is 0 Å². The smallest absolute Gasteiger partial charge is 0.317 e. The maximum Gasteiger partial charge on any atom is 0.317 e. The lowest BCUT2D eigenvalue weighted by Crippen LogP contribution is -2.65. The van der Waals surface area contributed by atoms with Crippen molar-refractivity contribution in [2.24, 2.45) is 50.7 Å². The molecule has 6 aliphatic rings. The number of hydrogen-bond donors (Lipinski definition) is 9. The number of aliphatic hydroxyl groups is 9. The topological polar surface area (TPSA) is 218 Å². The van der Waals surface area contributed by atoms with Crippen molar-refractivity contribution in [2.45, 2.75) is 160 Å². The predicted molar refractivity (Wildman–Crippen MR) is 175 cm³/mol. The third-order valence-electron chi connectivity index (χ3n) is 16.5. The molecule has 0 radical (unpaired) electrons. The first-order valence-electron chi connectivity index (χ1n) is 18.6. The van der Waals surface area contributed by atoms with E-state index in [2.05, 4.69) is 13.8 Å². The van der Waals surface area contributed by atoms with E-state index >= 15 is 0 Å². The zero-order chi connectivity index (χ0) is 36.3. The van der Waals surface area contributed by atoms with Gasteiger partial charge in [0.1, 0.15) is 24.4 Å². The van der Waals surface area contributed by atoms with Crippen LogP contribution in [0, 0.1) is 50.7 Å². The van der Waals surface area contributed by atoms with Crippen molar-refractivity contribution in [1.82, 2.24) is 0 Å². The van der Waals surface area contributed by atoms with E-state index in [1.165, 1.54) is 0 Å². The van der Waals surface area contributed by atoms with E-state index in [-0.39, 0.29) is 47.0 Å². The van der Waals surface area contributed by atoms with E-state index < -0.39 is 83.4 Å². The second-order valence-corrected chi connectivity index (χ2v) is 18.4. The maximum absolute atomic E-state index is 14.1. The highest BCUT2D eigenvalue weighted by molar-refractivity contribution is 5.78. The Hall–Kier alpha value is -0.930. The molecule has 0 amide bonds. The molecule has 6 rings (SSSR count). The third kappa shape index (κ3) is 4.94. The number of aliphatic hydroxyl groups excluding tert-OH is 7. The summed E-state index contributed by atoms with van der Waals surface area (Å²) in [4.78, 5) is 14.1. The van der Waals surface area contributed by atoms with Gasteiger partial charge in [-0.25, -0.2) is 0 Å². The van der Waals surface area contributed by atoms with Crippen LogP contribution < -0.4 is 0 Å². The molecule has 9 N–H and O–H groups in total. The fraction of sp³-hybridized carbons (Fsp3) is 0.973. The molecule has 6 fully saturated rings. The lowest BCUT2D eigenvalue weighted by atomic mass is 9.41. The fourth-order valence-electron chi connectivity index (χ4n) is 12.9. The number of carbonyl (C=O) groups is 1. The standard InChI is InChI=1S/C37H62O12/c1-19(2)36(47,18-39)14-12-33(5,46)21-9-10-31(3)22-7-8-23-34(6,30(45)49-29-28(44)27(43)26(42)20(16-38)48-29)24(40)15-25(41)37(23)17-35(22,37)13-11-32(21,31)4/h19-29,38-44,46-47H,7-18H2,1-6H3/t20-,21+,22+,23?,24+,25+,26-,27+,28-,29+,31+,32-,33+,34+,35+,36-,37-/m1/s1. The van der Waals surface area contributed by atoms with Gasteiger partial charge in [0.15, 0.2) is 0 Å². The summed E-state index contributed by atoms with van der Waals surface area (Å²) < 4.78 is 11.2. The molecule has 5 aliphatic carbocycles. The molecule has 1 heterocycles. The second-order valence-electron chi connectivity index (χ2n) is 18.4. The summed E-state index contributed by atoms with van der Waals surface area (Å²) in [5.41, 5.74) is -5.04. The number of esters is 1. The van der Waals surface area contributed by atoms with Gasteiger partial charge in [0, 0.05) is 11.8 Å². The highest BCUT2D eigenvalue weighted by Gasteiger charge is 2.86. The first-order valence-corrected chi connectivity index (χ1v) is 18.6. The summed E-state index contributed by atoms with van der Waals surface area (Å²) in [5, 5.41) is 97.1.